The highest BCUT2D eigenvalue weighted by Gasteiger charge is 2.69. The predicted octanol–water partition coefficient (Wildman–Crippen LogP) is 4.44. The fraction of sp³-hybridized carbons (Fsp3) is 0.333. The van der Waals surface area contributed by atoms with Gasteiger partial charge in [0.2, 0.25) is 0 Å². The van der Waals surface area contributed by atoms with Crippen LogP contribution in [-0.4, -0.2) is 15.3 Å². The Labute approximate surface area is 136 Å². The second-order valence-corrected chi connectivity index (χ2v) is 7.64. The van der Waals surface area contributed by atoms with Crippen LogP contribution in [0.1, 0.15) is 19.0 Å². The number of hydrogen-bond acceptors (Lipinski definition) is 4. The average Bonchev–Trinajstić information content (AvgIpc) is 2.83. The molecular formula is C15H13Cl2NO2S. The summed E-state index contributed by atoms with van der Waals surface area (Å²) in [7, 11) is 0. The summed E-state index contributed by atoms with van der Waals surface area (Å²) < 4.78 is 4.28. The van der Waals surface area contributed by atoms with Crippen LogP contribution < -0.4 is 0 Å². The summed E-state index contributed by atoms with van der Waals surface area (Å²) in [4.78, 5) is 16.4. The van der Waals surface area contributed by atoms with E-state index in [2.05, 4.69) is 4.98 Å². The normalized spacial score (nSPS) is 22.8. The smallest absolute Gasteiger partial charge is 0.315 e. The van der Waals surface area contributed by atoms with Crippen LogP contribution in [0.5, 0.6) is 0 Å². The molecule has 1 aromatic heterocycles. The first kappa shape index (κ1) is 14.8. The maximum atomic E-state index is 12.0. The van der Waals surface area contributed by atoms with E-state index in [1.165, 1.54) is 11.3 Å². The number of benzene rings is 1. The zero-order valence-corrected chi connectivity index (χ0v) is 13.6. The Morgan fingerprint density at radius 1 is 1.38 bits per heavy atom. The van der Waals surface area contributed by atoms with Crippen molar-refractivity contribution in [1.29, 1.82) is 0 Å². The number of carbonyl (C=O) groups excluding carboxylic acids is 1. The van der Waals surface area contributed by atoms with Gasteiger partial charge in [-0.15, -0.1) is 34.5 Å². The number of thiazole rings is 1. The molecule has 0 saturated heterocycles. The Morgan fingerprint density at radius 2 is 2.05 bits per heavy atom. The lowest BCUT2D eigenvalue weighted by Gasteiger charge is -2.10. The Morgan fingerprint density at radius 3 is 2.67 bits per heavy atom. The maximum Gasteiger partial charge on any atom is 0.315 e. The number of nitrogens with zero attached hydrogens (tertiary/aromatic N) is 1. The molecule has 1 heterocycles. The van der Waals surface area contributed by atoms with Crippen LogP contribution in [0.2, 0.25) is 0 Å². The minimum Gasteiger partial charge on any atom is -0.459 e. The minimum absolute atomic E-state index is 0.140. The first-order valence-corrected chi connectivity index (χ1v) is 8.11. The monoisotopic (exact) mass is 341 g/mol. The number of esters is 1. The van der Waals surface area contributed by atoms with E-state index in [-0.39, 0.29) is 12.6 Å². The van der Waals surface area contributed by atoms with Crippen molar-refractivity contribution < 1.29 is 9.53 Å². The highest BCUT2D eigenvalue weighted by Crippen LogP contribution is 2.64. The second-order valence-electron chi connectivity index (χ2n) is 5.30. The number of hydrogen-bond donors (Lipinski definition) is 0. The van der Waals surface area contributed by atoms with Crippen molar-refractivity contribution in [3.63, 3.8) is 0 Å². The van der Waals surface area contributed by atoms with Gasteiger partial charge in [-0.25, -0.2) is 4.98 Å². The lowest BCUT2D eigenvalue weighted by molar-refractivity contribution is -0.151. The van der Waals surface area contributed by atoms with Gasteiger partial charge < -0.3 is 4.74 Å². The Kier molecular flexibility index (Phi) is 3.72. The van der Waals surface area contributed by atoms with Gasteiger partial charge in [-0.3, -0.25) is 4.79 Å². The second kappa shape index (κ2) is 5.27. The molecule has 1 unspecified atom stereocenters. The molecule has 0 spiro atoms. The molecule has 0 amide bonds. The highest BCUT2D eigenvalue weighted by molar-refractivity contribution is 7.13. The largest absolute Gasteiger partial charge is 0.459 e. The molecule has 1 aliphatic rings. The van der Waals surface area contributed by atoms with Crippen molar-refractivity contribution in [3.05, 3.63) is 41.4 Å². The fourth-order valence-corrected chi connectivity index (χ4v) is 3.51. The molecule has 1 fully saturated rings. The van der Waals surface area contributed by atoms with Crippen molar-refractivity contribution in [3.8, 4) is 10.6 Å². The van der Waals surface area contributed by atoms with E-state index in [9.17, 15) is 4.79 Å². The molecule has 0 N–H and O–H groups in total. The zero-order valence-electron chi connectivity index (χ0n) is 11.3. The van der Waals surface area contributed by atoms with E-state index in [0.717, 1.165) is 16.3 Å². The molecule has 6 heteroatoms. The molecule has 3 rings (SSSR count). The summed E-state index contributed by atoms with van der Waals surface area (Å²) in [5.74, 6) is -0.373. The molecule has 1 aromatic carbocycles. The number of halogens is 2. The van der Waals surface area contributed by atoms with Gasteiger partial charge in [0.25, 0.3) is 0 Å². The molecule has 0 aliphatic heterocycles. The van der Waals surface area contributed by atoms with Crippen LogP contribution in [0.15, 0.2) is 35.7 Å². The average molecular weight is 342 g/mol. The molecule has 2 aromatic rings. The van der Waals surface area contributed by atoms with Crippen LogP contribution in [0.4, 0.5) is 0 Å². The number of ether oxygens (including phenoxy) is 1. The molecule has 1 aliphatic carbocycles. The lowest BCUT2D eigenvalue weighted by Crippen LogP contribution is -2.21. The van der Waals surface area contributed by atoms with Crippen LogP contribution in [0, 0.1) is 5.41 Å². The van der Waals surface area contributed by atoms with Crippen molar-refractivity contribution in [2.75, 3.05) is 0 Å². The summed E-state index contributed by atoms with van der Waals surface area (Å²) in [5.41, 5.74) is 0.981. The predicted molar refractivity (Wildman–Crippen MR) is 84.5 cm³/mol. The number of aromatic nitrogens is 1. The van der Waals surface area contributed by atoms with E-state index in [0.29, 0.717) is 6.42 Å². The molecule has 21 heavy (non-hydrogen) atoms. The molecule has 1 atom stereocenters. The van der Waals surface area contributed by atoms with Crippen molar-refractivity contribution in [2.24, 2.45) is 5.41 Å². The van der Waals surface area contributed by atoms with Crippen molar-refractivity contribution in [2.45, 2.75) is 24.3 Å². The van der Waals surface area contributed by atoms with Crippen LogP contribution >= 0.6 is 34.5 Å². The fourth-order valence-electron chi connectivity index (χ4n) is 2.01. The summed E-state index contributed by atoms with van der Waals surface area (Å²) in [6.45, 7) is 1.85. The van der Waals surface area contributed by atoms with E-state index >= 15 is 0 Å². The number of carbonyl (C=O) groups is 1. The van der Waals surface area contributed by atoms with Crippen LogP contribution in [-0.2, 0) is 16.1 Å². The molecule has 0 bridgehead atoms. The Balaban J connectivity index is 1.63. The first-order chi connectivity index (χ1) is 9.92. The quantitative estimate of drug-likeness (QED) is 0.609. The molecule has 110 valence electrons. The van der Waals surface area contributed by atoms with Gasteiger partial charge in [-0.1, -0.05) is 30.3 Å². The summed E-state index contributed by atoms with van der Waals surface area (Å²) in [5, 5.41) is 2.79. The Bertz CT molecular complexity index is 671. The third-order valence-corrected chi connectivity index (χ3v) is 5.67. The van der Waals surface area contributed by atoms with E-state index in [1.54, 1.807) is 6.92 Å². The standard InChI is InChI=1S/C15H13Cl2NO2S/c1-14(9-15(14,16)17)13(19)20-7-11-8-21-12(18-11)10-5-3-2-4-6-10/h2-6,8H,7,9H2,1H3. The van der Waals surface area contributed by atoms with Gasteiger partial charge in [0.05, 0.1) is 5.69 Å². The van der Waals surface area contributed by atoms with E-state index in [1.807, 2.05) is 35.7 Å². The first-order valence-electron chi connectivity index (χ1n) is 6.47. The van der Waals surface area contributed by atoms with Gasteiger partial charge in [-0.05, 0) is 6.92 Å². The van der Waals surface area contributed by atoms with Gasteiger partial charge in [0.15, 0.2) is 0 Å². The molecule has 0 radical (unpaired) electrons. The summed E-state index contributed by atoms with van der Waals surface area (Å²) >= 11 is 13.4. The molecule has 1 saturated carbocycles. The Hall–Kier alpha value is -1.10. The molecular weight excluding hydrogens is 329 g/mol. The summed E-state index contributed by atoms with van der Waals surface area (Å²) in [6.07, 6.45) is 0.425. The van der Waals surface area contributed by atoms with E-state index in [4.69, 9.17) is 27.9 Å². The SMILES string of the molecule is CC1(C(=O)OCc2csc(-c3ccccc3)n2)CC1(Cl)Cl. The number of alkyl halides is 2. The number of rotatable bonds is 4. The molecule has 3 nitrogen and oxygen atoms in total. The third-order valence-electron chi connectivity index (χ3n) is 3.63. The lowest BCUT2D eigenvalue weighted by atomic mass is 10.1. The maximum absolute atomic E-state index is 12.0. The van der Waals surface area contributed by atoms with E-state index < -0.39 is 9.75 Å². The van der Waals surface area contributed by atoms with Crippen molar-refractivity contribution in [1.82, 2.24) is 4.98 Å². The van der Waals surface area contributed by atoms with Gasteiger partial charge in [-0.2, -0.15) is 0 Å². The van der Waals surface area contributed by atoms with Crippen LogP contribution in [0.25, 0.3) is 10.6 Å². The third kappa shape index (κ3) is 2.80. The van der Waals surface area contributed by atoms with Crippen LogP contribution in [0.3, 0.4) is 0 Å². The van der Waals surface area contributed by atoms with Crippen molar-refractivity contribution >= 4 is 40.5 Å². The van der Waals surface area contributed by atoms with Gasteiger partial charge in [0.1, 0.15) is 21.4 Å². The van der Waals surface area contributed by atoms with Gasteiger partial charge in [0, 0.05) is 17.4 Å². The zero-order chi connectivity index (χ0) is 15.1. The topological polar surface area (TPSA) is 39.2 Å². The minimum atomic E-state index is -0.999. The summed E-state index contributed by atoms with van der Waals surface area (Å²) in [6, 6.07) is 9.88. The van der Waals surface area contributed by atoms with Gasteiger partial charge >= 0.3 is 5.97 Å². The highest BCUT2D eigenvalue weighted by atomic mass is 35.5.